The molecule has 1 N–H and O–H groups in total. The van der Waals surface area contributed by atoms with Crippen LogP contribution in [-0.4, -0.2) is 60.1 Å². The molecule has 2 heterocycles. The molecular weight excluding hydrogens is 460 g/mol. The summed E-state index contributed by atoms with van der Waals surface area (Å²) in [5.74, 6) is 1.01. The average Bonchev–Trinajstić information content (AvgIpc) is 2.82. The first kappa shape index (κ1) is 25.5. The molecule has 8 nitrogen and oxygen atoms in total. The van der Waals surface area contributed by atoms with Gasteiger partial charge in [-0.3, -0.25) is 9.59 Å². The van der Waals surface area contributed by atoms with Gasteiger partial charge < -0.3 is 24.4 Å². The third-order valence-corrected chi connectivity index (χ3v) is 6.56. The second-order valence-corrected chi connectivity index (χ2v) is 10.5. The lowest BCUT2D eigenvalue weighted by Crippen LogP contribution is -2.56. The molecule has 1 spiro atoms. The molecule has 36 heavy (non-hydrogen) atoms. The van der Waals surface area contributed by atoms with Crippen LogP contribution in [0, 0.1) is 0 Å². The Kier molecular flexibility index (Phi) is 7.24. The summed E-state index contributed by atoms with van der Waals surface area (Å²) < 4.78 is 17.0. The molecule has 2 aliphatic heterocycles. The minimum Gasteiger partial charge on any atom is -0.497 e. The van der Waals surface area contributed by atoms with Gasteiger partial charge in [-0.1, -0.05) is 30.3 Å². The topological polar surface area (TPSA) is 94.2 Å². The first-order valence-corrected chi connectivity index (χ1v) is 12.3. The van der Waals surface area contributed by atoms with Crippen molar-refractivity contribution in [1.29, 1.82) is 0 Å². The number of likely N-dealkylation sites (tertiary alicyclic amines) is 1. The predicted molar refractivity (Wildman–Crippen MR) is 134 cm³/mol. The Hall–Kier alpha value is -3.55. The normalized spacial score (nSPS) is 17.6. The van der Waals surface area contributed by atoms with Crippen molar-refractivity contribution >= 4 is 17.8 Å². The molecule has 4 rings (SSSR count). The molecule has 1 fully saturated rings. The number of piperidine rings is 1. The number of ether oxygens (including phenoxy) is 3. The van der Waals surface area contributed by atoms with Gasteiger partial charge in [0, 0.05) is 38.4 Å². The van der Waals surface area contributed by atoms with Gasteiger partial charge in [0.1, 0.15) is 28.7 Å². The number of Topliss-reactive ketones (excluding diaryl/α,β-unsaturated/α-hetero) is 1. The molecule has 1 unspecified atom stereocenters. The molecule has 0 aromatic heterocycles. The number of hydrogen-bond donors (Lipinski definition) is 1. The lowest BCUT2D eigenvalue weighted by Gasteiger charge is -2.44. The van der Waals surface area contributed by atoms with Crippen LogP contribution in [0.3, 0.4) is 0 Å². The molecule has 0 aliphatic carbocycles. The van der Waals surface area contributed by atoms with Gasteiger partial charge in [0.2, 0.25) is 5.91 Å². The summed E-state index contributed by atoms with van der Waals surface area (Å²) in [6.45, 7) is 6.19. The average molecular weight is 495 g/mol. The number of ketones is 1. The maximum absolute atomic E-state index is 13.6. The molecule has 0 radical (unpaired) electrons. The smallest absolute Gasteiger partial charge is 0.408 e. The van der Waals surface area contributed by atoms with Crippen LogP contribution in [-0.2, 0) is 16.0 Å². The van der Waals surface area contributed by atoms with Crippen LogP contribution in [0.5, 0.6) is 11.5 Å². The molecule has 0 bridgehead atoms. The van der Waals surface area contributed by atoms with Crippen molar-refractivity contribution < 1.29 is 28.6 Å². The third kappa shape index (κ3) is 5.98. The largest absolute Gasteiger partial charge is 0.497 e. The summed E-state index contributed by atoms with van der Waals surface area (Å²) in [5, 5.41) is 2.77. The lowest BCUT2D eigenvalue weighted by molar-refractivity contribution is -0.137. The lowest BCUT2D eigenvalue weighted by atomic mass is 9.82. The van der Waals surface area contributed by atoms with E-state index in [1.54, 1.807) is 51.0 Å². The summed E-state index contributed by atoms with van der Waals surface area (Å²) in [6, 6.07) is 14.0. The van der Waals surface area contributed by atoms with Gasteiger partial charge in [0.15, 0.2) is 5.78 Å². The van der Waals surface area contributed by atoms with Crippen molar-refractivity contribution in [3.05, 3.63) is 59.7 Å². The minimum atomic E-state index is -0.768. The van der Waals surface area contributed by atoms with Crippen LogP contribution >= 0.6 is 0 Å². The van der Waals surface area contributed by atoms with Crippen molar-refractivity contribution in [1.82, 2.24) is 10.2 Å². The van der Waals surface area contributed by atoms with Crippen molar-refractivity contribution in [2.75, 3.05) is 20.2 Å². The van der Waals surface area contributed by atoms with Gasteiger partial charge in [0.25, 0.3) is 0 Å². The molecule has 2 amide bonds. The second-order valence-electron chi connectivity index (χ2n) is 10.5. The highest BCUT2D eigenvalue weighted by Crippen LogP contribution is 2.40. The van der Waals surface area contributed by atoms with E-state index < -0.39 is 23.3 Å². The number of methoxy groups -OCH3 is 1. The summed E-state index contributed by atoms with van der Waals surface area (Å²) >= 11 is 0. The Labute approximate surface area is 211 Å². The standard InChI is InChI=1S/C28H34N2O6/c1-27(2,3)36-26(33)29-22(16-19-8-6-5-7-9-19)25(32)30-14-12-28(13-15-30)18-23(31)21-11-10-20(34-4)17-24(21)35-28/h5-11,17,22H,12-16,18H2,1-4H3,(H,29,33). The van der Waals surface area contributed by atoms with E-state index in [0.29, 0.717) is 49.4 Å². The number of benzene rings is 2. The fourth-order valence-corrected chi connectivity index (χ4v) is 4.74. The van der Waals surface area contributed by atoms with Crippen molar-refractivity contribution in [3.63, 3.8) is 0 Å². The van der Waals surface area contributed by atoms with Crippen LogP contribution in [0.1, 0.15) is 56.0 Å². The predicted octanol–water partition coefficient (Wildman–Crippen LogP) is 4.16. The van der Waals surface area contributed by atoms with Gasteiger partial charge >= 0.3 is 6.09 Å². The van der Waals surface area contributed by atoms with Crippen LogP contribution in [0.2, 0.25) is 0 Å². The number of carbonyl (C=O) groups is 3. The molecule has 192 valence electrons. The number of rotatable bonds is 5. The molecule has 2 aromatic carbocycles. The summed E-state index contributed by atoms with van der Waals surface area (Å²) in [6.07, 6.45) is 1.04. The van der Waals surface area contributed by atoms with E-state index in [-0.39, 0.29) is 18.1 Å². The van der Waals surface area contributed by atoms with E-state index in [1.807, 2.05) is 30.3 Å². The Morgan fingerprint density at radius 1 is 1.11 bits per heavy atom. The summed E-state index contributed by atoms with van der Waals surface area (Å²) in [4.78, 5) is 40.7. The van der Waals surface area contributed by atoms with E-state index >= 15 is 0 Å². The molecule has 2 aliphatic rings. The molecular formula is C28H34N2O6. The zero-order valence-corrected chi connectivity index (χ0v) is 21.3. The zero-order chi connectivity index (χ0) is 25.9. The highest BCUT2D eigenvalue weighted by molar-refractivity contribution is 6.00. The number of nitrogens with one attached hydrogen (secondary N) is 1. The first-order chi connectivity index (χ1) is 17.1. The number of hydrogen-bond acceptors (Lipinski definition) is 6. The number of alkyl carbamates (subject to hydrolysis) is 1. The Morgan fingerprint density at radius 3 is 2.44 bits per heavy atom. The van der Waals surface area contributed by atoms with Crippen LogP contribution in [0.25, 0.3) is 0 Å². The van der Waals surface area contributed by atoms with Gasteiger partial charge in [-0.05, 0) is 38.5 Å². The number of amides is 2. The fourth-order valence-electron chi connectivity index (χ4n) is 4.74. The zero-order valence-electron chi connectivity index (χ0n) is 21.3. The van der Waals surface area contributed by atoms with Crippen LogP contribution in [0.15, 0.2) is 48.5 Å². The highest BCUT2D eigenvalue weighted by atomic mass is 16.6. The van der Waals surface area contributed by atoms with Crippen molar-refractivity contribution in [2.45, 2.75) is 63.7 Å². The SMILES string of the molecule is COc1ccc2c(c1)OC1(CCN(C(=O)C(Cc3ccccc3)NC(=O)OC(C)(C)C)CC1)CC2=O. The quantitative estimate of drug-likeness (QED) is 0.671. The van der Waals surface area contributed by atoms with E-state index in [9.17, 15) is 14.4 Å². The number of carbonyl (C=O) groups excluding carboxylic acids is 3. The highest BCUT2D eigenvalue weighted by Gasteiger charge is 2.44. The molecule has 8 heteroatoms. The maximum Gasteiger partial charge on any atom is 0.408 e. The monoisotopic (exact) mass is 494 g/mol. The Morgan fingerprint density at radius 2 is 1.81 bits per heavy atom. The Bertz CT molecular complexity index is 1120. The van der Waals surface area contributed by atoms with E-state index in [0.717, 1.165) is 5.56 Å². The molecule has 1 atom stereocenters. The van der Waals surface area contributed by atoms with E-state index in [1.165, 1.54) is 0 Å². The summed E-state index contributed by atoms with van der Waals surface area (Å²) in [7, 11) is 1.57. The van der Waals surface area contributed by atoms with Crippen LogP contribution in [0.4, 0.5) is 4.79 Å². The van der Waals surface area contributed by atoms with Crippen molar-refractivity contribution in [2.24, 2.45) is 0 Å². The summed E-state index contributed by atoms with van der Waals surface area (Å²) in [5.41, 5.74) is 0.170. The molecule has 1 saturated heterocycles. The first-order valence-electron chi connectivity index (χ1n) is 12.3. The molecule has 0 saturated carbocycles. The van der Waals surface area contributed by atoms with Gasteiger partial charge in [-0.25, -0.2) is 4.79 Å². The fraction of sp³-hybridized carbons (Fsp3) is 0.464. The van der Waals surface area contributed by atoms with Gasteiger partial charge in [-0.15, -0.1) is 0 Å². The van der Waals surface area contributed by atoms with Gasteiger partial charge in [0.05, 0.1) is 19.1 Å². The van der Waals surface area contributed by atoms with Gasteiger partial charge in [-0.2, -0.15) is 0 Å². The van der Waals surface area contributed by atoms with Crippen molar-refractivity contribution in [3.8, 4) is 11.5 Å². The van der Waals surface area contributed by atoms with E-state index in [2.05, 4.69) is 5.32 Å². The third-order valence-electron chi connectivity index (χ3n) is 6.56. The maximum atomic E-state index is 13.6. The van der Waals surface area contributed by atoms with Crippen LogP contribution < -0.4 is 14.8 Å². The van der Waals surface area contributed by atoms with E-state index in [4.69, 9.17) is 14.2 Å². The Balaban J connectivity index is 1.46. The minimum absolute atomic E-state index is 0.0345. The molecule has 2 aromatic rings. The number of fused-ring (bicyclic) bond motifs is 1. The second kappa shape index (κ2) is 10.2. The number of nitrogens with zero attached hydrogens (tertiary/aromatic N) is 1.